The van der Waals surface area contributed by atoms with Gasteiger partial charge in [-0.2, -0.15) is 0 Å². The number of ketones is 1. The van der Waals surface area contributed by atoms with E-state index in [4.69, 9.17) is 14.2 Å². The van der Waals surface area contributed by atoms with Crippen molar-refractivity contribution in [2.24, 2.45) is 0 Å². The molecule has 14 heteroatoms. The lowest BCUT2D eigenvalue weighted by Crippen LogP contribution is -2.29. The molecule has 1 amide bonds. The summed E-state index contributed by atoms with van der Waals surface area (Å²) in [5.41, 5.74) is 4.11. The molecule has 50 heavy (non-hydrogen) atoms. The maximum atomic E-state index is 13.2. The number of carbonyl (C=O) groups is 3. The van der Waals surface area contributed by atoms with Gasteiger partial charge in [0.1, 0.15) is 31.2 Å². The third kappa shape index (κ3) is 8.56. The molecule has 0 bridgehead atoms. The zero-order valence-electron chi connectivity index (χ0n) is 28.0. The van der Waals surface area contributed by atoms with Gasteiger partial charge in [-0.1, -0.05) is 12.1 Å². The number of rotatable bonds is 13. The van der Waals surface area contributed by atoms with Gasteiger partial charge >= 0.3 is 13.8 Å². The lowest BCUT2D eigenvalue weighted by atomic mass is 9.89. The summed E-state index contributed by atoms with van der Waals surface area (Å²) in [7, 11) is 3.05. The lowest BCUT2D eigenvalue weighted by Gasteiger charge is -2.19. The average molecular weight is 702 g/mol. The van der Waals surface area contributed by atoms with Crippen LogP contribution in [0, 0.1) is 0 Å². The molecule has 0 fully saturated rings. The first-order valence-electron chi connectivity index (χ1n) is 15.6. The summed E-state index contributed by atoms with van der Waals surface area (Å²) < 4.78 is 23.8. The molecule has 1 aliphatic carbocycles. The number of phosphoric acid groups is 1. The number of hydrogen-bond acceptors (Lipinski definition) is 8. The zero-order chi connectivity index (χ0) is 36.2. The SMILES string of the molecule is CN(C)c1ccc2c(-c3ccc(C(=O)CCC(=O)NCCNc4ccc(OP(=O)(O)O)cc4)cc3C(=O)O)c3ccc(=[N+](C)C)cc-3oc2c1. The summed E-state index contributed by atoms with van der Waals surface area (Å²) >= 11 is 0. The maximum Gasteiger partial charge on any atom is 0.524 e. The van der Waals surface area contributed by atoms with Crippen molar-refractivity contribution in [3.05, 3.63) is 95.3 Å². The van der Waals surface area contributed by atoms with Crippen LogP contribution in [0.3, 0.4) is 0 Å². The fourth-order valence-electron chi connectivity index (χ4n) is 5.47. The Labute approximate surface area is 288 Å². The number of carboxylic acids is 1. The second kappa shape index (κ2) is 15.0. The molecule has 0 saturated heterocycles. The number of nitrogens with zero attached hydrogens (tertiary/aromatic N) is 2. The minimum absolute atomic E-state index is 0.0161. The molecule has 5 N–H and O–H groups in total. The van der Waals surface area contributed by atoms with E-state index >= 15 is 0 Å². The molecule has 1 aliphatic heterocycles. The van der Waals surface area contributed by atoms with Gasteiger partial charge in [0.25, 0.3) is 0 Å². The van der Waals surface area contributed by atoms with Gasteiger partial charge in [-0.15, -0.1) is 0 Å². The number of Topliss-reactive ketones (excluding diaryl/α,β-unsaturated/α-hetero) is 1. The highest BCUT2D eigenvalue weighted by Gasteiger charge is 2.24. The van der Waals surface area contributed by atoms with Crippen LogP contribution in [0.4, 0.5) is 11.4 Å². The van der Waals surface area contributed by atoms with E-state index in [0.29, 0.717) is 34.7 Å². The summed E-state index contributed by atoms with van der Waals surface area (Å²) in [6, 6.07) is 22.0. The second-order valence-electron chi connectivity index (χ2n) is 12.0. The Bertz CT molecular complexity index is 2170. The molecule has 3 aromatic carbocycles. The molecule has 260 valence electrons. The van der Waals surface area contributed by atoms with Gasteiger partial charge in [0.2, 0.25) is 11.3 Å². The smallest absolute Gasteiger partial charge is 0.478 e. The highest BCUT2D eigenvalue weighted by atomic mass is 31.2. The number of carbonyl (C=O) groups excluding carboxylic acids is 2. The van der Waals surface area contributed by atoms with E-state index in [1.54, 1.807) is 24.3 Å². The highest BCUT2D eigenvalue weighted by Crippen LogP contribution is 2.42. The summed E-state index contributed by atoms with van der Waals surface area (Å²) in [5, 5.41) is 17.8. The van der Waals surface area contributed by atoms with Crippen LogP contribution in [0.5, 0.6) is 5.75 Å². The van der Waals surface area contributed by atoms with Crippen LogP contribution in [-0.2, 0) is 9.36 Å². The topological polar surface area (TPSA) is 182 Å². The van der Waals surface area contributed by atoms with Gasteiger partial charge in [-0.25, -0.2) is 13.9 Å². The van der Waals surface area contributed by atoms with Crippen LogP contribution in [0.1, 0.15) is 33.6 Å². The van der Waals surface area contributed by atoms with E-state index in [9.17, 15) is 24.1 Å². The van der Waals surface area contributed by atoms with Crippen molar-refractivity contribution < 1.29 is 42.8 Å². The van der Waals surface area contributed by atoms with Crippen molar-refractivity contribution in [3.8, 4) is 28.2 Å². The quantitative estimate of drug-likeness (QED) is 0.0379. The Balaban J connectivity index is 1.31. The van der Waals surface area contributed by atoms with E-state index in [1.165, 1.54) is 18.2 Å². The van der Waals surface area contributed by atoms with Crippen molar-refractivity contribution in [1.29, 1.82) is 0 Å². The minimum Gasteiger partial charge on any atom is -0.478 e. The molecule has 1 heterocycles. The number of nitrogens with one attached hydrogen (secondary N) is 2. The van der Waals surface area contributed by atoms with Crippen molar-refractivity contribution in [1.82, 2.24) is 9.89 Å². The Morgan fingerprint density at radius 2 is 1.60 bits per heavy atom. The van der Waals surface area contributed by atoms with Gasteiger partial charge in [0, 0.05) is 85.6 Å². The van der Waals surface area contributed by atoms with Crippen LogP contribution in [0.2, 0.25) is 0 Å². The first-order valence-corrected chi connectivity index (χ1v) is 17.2. The van der Waals surface area contributed by atoms with E-state index in [-0.39, 0.29) is 48.0 Å². The first-order chi connectivity index (χ1) is 23.7. The molecule has 5 rings (SSSR count). The second-order valence-corrected chi connectivity index (χ2v) is 13.2. The van der Waals surface area contributed by atoms with Crippen LogP contribution in [0.15, 0.2) is 83.3 Å². The van der Waals surface area contributed by atoms with Crippen molar-refractivity contribution in [2.45, 2.75) is 12.8 Å². The Morgan fingerprint density at radius 3 is 2.26 bits per heavy atom. The molecule has 13 nitrogen and oxygen atoms in total. The van der Waals surface area contributed by atoms with Gasteiger partial charge in [-0.05, 0) is 54.1 Å². The normalized spacial score (nSPS) is 11.3. The highest BCUT2D eigenvalue weighted by molar-refractivity contribution is 7.46. The number of anilines is 2. The fourth-order valence-corrected chi connectivity index (χ4v) is 5.86. The summed E-state index contributed by atoms with van der Waals surface area (Å²) in [6.07, 6.45) is -0.204. The van der Waals surface area contributed by atoms with Crippen molar-refractivity contribution in [3.63, 3.8) is 0 Å². The van der Waals surface area contributed by atoms with E-state index in [0.717, 1.165) is 22.0 Å². The number of amides is 1. The molecule has 0 atom stereocenters. The zero-order valence-corrected chi connectivity index (χ0v) is 28.9. The van der Waals surface area contributed by atoms with Crippen LogP contribution in [0.25, 0.3) is 33.4 Å². The Hall–Kier alpha value is -5.49. The number of phosphoric ester groups is 1. The van der Waals surface area contributed by atoms with E-state index < -0.39 is 13.8 Å². The molecule has 0 radical (unpaired) electrons. The van der Waals surface area contributed by atoms with E-state index in [2.05, 4.69) is 15.2 Å². The molecular formula is C36H38N4O9P+. The van der Waals surface area contributed by atoms with Gasteiger partial charge in [0.15, 0.2) is 5.78 Å². The number of carboxylic acid groups (broad SMARTS) is 1. The number of aromatic carboxylic acids is 1. The Kier molecular flexibility index (Phi) is 10.7. The largest absolute Gasteiger partial charge is 0.524 e. The predicted octanol–water partition coefficient (Wildman–Crippen LogP) is 4.66. The van der Waals surface area contributed by atoms with Crippen molar-refractivity contribution >= 4 is 47.8 Å². The monoisotopic (exact) mass is 701 g/mol. The first kappa shape index (κ1) is 35.8. The minimum atomic E-state index is -4.64. The average Bonchev–Trinajstić information content (AvgIpc) is 3.07. The lowest BCUT2D eigenvalue weighted by molar-refractivity contribution is -0.121. The molecule has 0 saturated carbocycles. The third-order valence-electron chi connectivity index (χ3n) is 8.00. The Morgan fingerprint density at radius 1 is 0.880 bits per heavy atom. The van der Waals surface area contributed by atoms with Crippen LogP contribution < -0.4 is 30.0 Å². The van der Waals surface area contributed by atoms with Gasteiger partial charge in [-0.3, -0.25) is 19.4 Å². The molecule has 0 unspecified atom stereocenters. The number of fused-ring (bicyclic) bond motifs is 2. The van der Waals surface area contributed by atoms with Gasteiger partial charge in [0.05, 0.1) is 11.6 Å². The summed E-state index contributed by atoms with van der Waals surface area (Å²) in [4.78, 5) is 58.0. The fraction of sp³-hybridized carbons (Fsp3) is 0.222. The van der Waals surface area contributed by atoms with Crippen LogP contribution >= 0.6 is 7.82 Å². The maximum absolute atomic E-state index is 13.2. The number of benzene rings is 4. The third-order valence-corrected chi connectivity index (χ3v) is 8.45. The van der Waals surface area contributed by atoms with Crippen LogP contribution in [-0.4, -0.2) is 73.8 Å². The molecule has 0 spiro atoms. The van der Waals surface area contributed by atoms with E-state index in [1.807, 2.05) is 74.1 Å². The molecule has 3 aromatic rings. The number of hydrogen-bond donors (Lipinski definition) is 5. The summed E-state index contributed by atoms with van der Waals surface area (Å²) in [6.45, 7) is 0.605. The summed E-state index contributed by atoms with van der Waals surface area (Å²) in [5.74, 6) is -1.31. The molecule has 0 aromatic heterocycles. The standard InChI is InChI=1S/C36H37N4O9P/c1-39(2)24-8-13-28-32(20-24)48-33-21-25(40(3)4)9-14-29(33)35(28)27-12-5-22(19-30(27)36(43)44)31(41)15-16-34(42)38-18-17-37-23-6-10-26(11-7-23)49-50(45,46)47/h5-14,19-21,37H,15-18H2,1-4H3,(H3-,38,42,43,44,45,46,47)/p+1. The predicted molar refractivity (Wildman–Crippen MR) is 191 cm³/mol. The molecular weight excluding hydrogens is 663 g/mol. The molecule has 2 aliphatic rings. The van der Waals surface area contributed by atoms with Crippen molar-refractivity contribution in [2.75, 3.05) is 51.5 Å². The van der Waals surface area contributed by atoms with Gasteiger partial charge < -0.3 is 29.6 Å².